The van der Waals surface area contributed by atoms with Gasteiger partial charge in [0.05, 0.1) is 17.3 Å². The lowest BCUT2D eigenvalue weighted by Crippen LogP contribution is -2.55. The van der Waals surface area contributed by atoms with E-state index in [0.29, 0.717) is 24.4 Å². The highest BCUT2D eigenvalue weighted by molar-refractivity contribution is 9.09. The fourth-order valence-corrected chi connectivity index (χ4v) is 3.13. The Morgan fingerprint density at radius 2 is 2.00 bits per heavy atom. The highest BCUT2D eigenvalue weighted by Crippen LogP contribution is 2.27. The monoisotopic (exact) mass is 343 g/mol. The SMILES string of the molecule is Cc1oc(C)c(C(=O)N2CC(CBr)OC(C)(C)C2)c1C. The molecule has 0 aliphatic carbocycles. The summed E-state index contributed by atoms with van der Waals surface area (Å²) in [5, 5.41) is 0.725. The third-order valence-electron chi connectivity index (χ3n) is 3.72. The van der Waals surface area contributed by atoms with Crippen LogP contribution in [0.2, 0.25) is 0 Å². The van der Waals surface area contributed by atoms with E-state index in [1.807, 2.05) is 39.5 Å². The van der Waals surface area contributed by atoms with Crippen LogP contribution in [0.4, 0.5) is 0 Å². The summed E-state index contributed by atoms with van der Waals surface area (Å²) < 4.78 is 11.5. The molecule has 112 valence electrons. The van der Waals surface area contributed by atoms with Gasteiger partial charge in [0.2, 0.25) is 0 Å². The third kappa shape index (κ3) is 2.93. The lowest BCUT2D eigenvalue weighted by molar-refractivity contribution is -0.116. The predicted molar refractivity (Wildman–Crippen MR) is 81.6 cm³/mol. The highest BCUT2D eigenvalue weighted by Gasteiger charge is 2.36. The van der Waals surface area contributed by atoms with E-state index >= 15 is 0 Å². The van der Waals surface area contributed by atoms with E-state index in [1.165, 1.54) is 0 Å². The summed E-state index contributed by atoms with van der Waals surface area (Å²) >= 11 is 3.45. The maximum Gasteiger partial charge on any atom is 0.257 e. The normalized spacial score (nSPS) is 22.1. The molecule has 1 amide bonds. The molecule has 1 aliphatic heterocycles. The van der Waals surface area contributed by atoms with E-state index in [2.05, 4.69) is 15.9 Å². The molecule has 0 radical (unpaired) electrons. The van der Waals surface area contributed by atoms with E-state index in [1.54, 1.807) is 0 Å². The van der Waals surface area contributed by atoms with Crippen LogP contribution >= 0.6 is 15.9 Å². The molecule has 0 saturated carbocycles. The number of halogens is 1. The van der Waals surface area contributed by atoms with Gasteiger partial charge in [-0.25, -0.2) is 0 Å². The number of nitrogens with zero attached hydrogens (tertiary/aromatic N) is 1. The van der Waals surface area contributed by atoms with Gasteiger partial charge in [-0.2, -0.15) is 0 Å². The number of carbonyl (C=O) groups excluding carboxylic acids is 1. The molecule has 2 rings (SSSR count). The number of hydrogen-bond donors (Lipinski definition) is 0. The minimum absolute atomic E-state index is 0.0244. The molecule has 1 aliphatic rings. The molecule has 0 spiro atoms. The summed E-state index contributed by atoms with van der Waals surface area (Å²) in [6.45, 7) is 10.9. The van der Waals surface area contributed by atoms with Crippen LogP contribution in [0.3, 0.4) is 0 Å². The minimum Gasteiger partial charge on any atom is -0.466 e. The van der Waals surface area contributed by atoms with Gasteiger partial charge in [-0.15, -0.1) is 0 Å². The van der Waals surface area contributed by atoms with Gasteiger partial charge < -0.3 is 14.1 Å². The van der Waals surface area contributed by atoms with Crippen LogP contribution in [0.25, 0.3) is 0 Å². The van der Waals surface area contributed by atoms with Crippen molar-refractivity contribution in [2.45, 2.75) is 46.3 Å². The Kier molecular flexibility index (Phi) is 4.30. The Morgan fingerprint density at radius 1 is 1.35 bits per heavy atom. The maximum atomic E-state index is 12.8. The van der Waals surface area contributed by atoms with Gasteiger partial charge >= 0.3 is 0 Å². The number of amides is 1. The average molecular weight is 344 g/mol. The summed E-state index contributed by atoms with van der Waals surface area (Å²) in [6.07, 6.45) is 0.0244. The van der Waals surface area contributed by atoms with Crippen molar-refractivity contribution in [1.82, 2.24) is 4.90 Å². The first-order valence-corrected chi connectivity index (χ1v) is 7.97. The van der Waals surface area contributed by atoms with Crippen LogP contribution in [0.1, 0.15) is 41.3 Å². The van der Waals surface area contributed by atoms with E-state index in [9.17, 15) is 4.79 Å². The number of aryl methyl sites for hydroxylation is 2. The van der Waals surface area contributed by atoms with Crippen molar-refractivity contribution >= 4 is 21.8 Å². The number of hydrogen-bond acceptors (Lipinski definition) is 3. The summed E-state index contributed by atoms with van der Waals surface area (Å²) in [4.78, 5) is 14.7. The number of morpholine rings is 1. The molecule has 5 heteroatoms. The van der Waals surface area contributed by atoms with Crippen LogP contribution in [0.15, 0.2) is 4.42 Å². The number of rotatable bonds is 2. The largest absolute Gasteiger partial charge is 0.466 e. The van der Waals surface area contributed by atoms with Crippen LogP contribution in [0.5, 0.6) is 0 Å². The summed E-state index contributed by atoms with van der Waals surface area (Å²) in [5.41, 5.74) is 1.31. The minimum atomic E-state index is -0.326. The third-order valence-corrected chi connectivity index (χ3v) is 4.44. The van der Waals surface area contributed by atoms with Crippen molar-refractivity contribution in [3.8, 4) is 0 Å². The van der Waals surface area contributed by atoms with Gasteiger partial charge in [-0.05, 0) is 34.6 Å². The number of ether oxygens (including phenoxy) is 1. The second-order valence-corrected chi connectivity index (χ2v) is 6.70. The summed E-state index contributed by atoms with van der Waals surface area (Å²) in [5.74, 6) is 1.55. The molecule has 1 aromatic rings. The molecule has 1 saturated heterocycles. The Bertz CT molecular complexity index is 521. The molecule has 0 bridgehead atoms. The number of furan rings is 1. The Balaban J connectivity index is 2.28. The summed E-state index contributed by atoms with van der Waals surface area (Å²) in [7, 11) is 0. The quantitative estimate of drug-likeness (QED) is 0.774. The van der Waals surface area contributed by atoms with Gasteiger partial charge in [0.1, 0.15) is 11.5 Å². The number of alkyl halides is 1. The predicted octanol–water partition coefficient (Wildman–Crippen LogP) is 3.22. The zero-order valence-electron chi connectivity index (χ0n) is 12.7. The van der Waals surface area contributed by atoms with Crippen molar-refractivity contribution in [2.75, 3.05) is 18.4 Å². The van der Waals surface area contributed by atoms with Gasteiger partial charge in [0.15, 0.2) is 0 Å². The first-order valence-electron chi connectivity index (χ1n) is 6.85. The average Bonchev–Trinajstić information content (AvgIpc) is 2.60. The van der Waals surface area contributed by atoms with Crippen LogP contribution in [-0.4, -0.2) is 40.9 Å². The molecule has 20 heavy (non-hydrogen) atoms. The fourth-order valence-electron chi connectivity index (χ4n) is 2.80. The molecule has 0 aromatic carbocycles. The Morgan fingerprint density at radius 3 is 2.50 bits per heavy atom. The molecule has 1 fully saturated rings. The van der Waals surface area contributed by atoms with Crippen molar-refractivity contribution in [1.29, 1.82) is 0 Å². The molecule has 1 unspecified atom stereocenters. The number of carbonyl (C=O) groups is 1. The first kappa shape index (κ1) is 15.6. The molecular formula is C15H22BrNO3. The first-order chi connectivity index (χ1) is 9.25. The van der Waals surface area contributed by atoms with E-state index < -0.39 is 0 Å². The maximum absolute atomic E-state index is 12.8. The van der Waals surface area contributed by atoms with E-state index in [-0.39, 0.29) is 17.6 Å². The lowest BCUT2D eigenvalue weighted by Gasteiger charge is -2.42. The van der Waals surface area contributed by atoms with E-state index in [0.717, 1.165) is 16.7 Å². The van der Waals surface area contributed by atoms with Gasteiger partial charge in [-0.1, -0.05) is 15.9 Å². The Labute approximate surface area is 128 Å². The van der Waals surface area contributed by atoms with Crippen molar-refractivity contribution in [3.63, 3.8) is 0 Å². The second kappa shape index (κ2) is 5.53. The standard InChI is InChI=1S/C15H22BrNO3/c1-9-10(2)19-11(3)13(9)14(18)17-7-12(6-16)20-15(4,5)8-17/h12H,6-8H2,1-5H3. The Hall–Kier alpha value is -0.810. The molecular weight excluding hydrogens is 322 g/mol. The molecule has 1 aromatic heterocycles. The van der Waals surface area contributed by atoms with Crippen molar-refractivity contribution in [2.24, 2.45) is 0 Å². The smallest absolute Gasteiger partial charge is 0.257 e. The molecule has 0 N–H and O–H groups in total. The second-order valence-electron chi connectivity index (χ2n) is 6.05. The van der Waals surface area contributed by atoms with Crippen LogP contribution < -0.4 is 0 Å². The summed E-state index contributed by atoms with van der Waals surface area (Å²) in [6, 6.07) is 0. The van der Waals surface area contributed by atoms with Crippen LogP contribution in [-0.2, 0) is 4.74 Å². The topological polar surface area (TPSA) is 42.7 Å². The highest BCUT2D eigenvalue weighted by atomic mass is 79.9. The zero-order valence-corrected chi connectivity index (χ0v) is 14.3. The fraction of sp³-hybridized carbons (Fsp3) is 0.667. The van der Waals surface area contributed by atoms with Crippen LogP contribution in [0, 0.1) is 20.8 Å². The van der Waals surface area contributed by atoms with Gasteiger partial charge in [-0.3, -0.25) is 4.79 Å². The molecule has 1 atom stereocenters. The van der Waals surface area contributed by atoms with Gasteiger partial charge in [0.25, 0.3) is 5.91 Å². The van der Waals surface area contributed by atoms with Gasteiger partial charge in [0, 0.05) is 24.0 Å². The van der Waals surface area contributed by atoms with E-state index in [4.69, 9.17) is 9.15 Å². The zero-order chi connectivity index (χ0) is 15.1. The molecule has 4 nitrogen and oxygen atoms in total. The lowest BCUT2D eigenvalue weighted by atomic mass is 10.0. The van der Waals surface area contributed by atoms with Crippen molar-refractivity contribution < 1.29 is 13.9 Å². The van der Waals surface area contributed by atoms with Crippen molar-refractivity contribution in [3.05, 3.63) is 22.6 Å². The molecule has 2 heterocycles.